The third kappa shape index (κ3) is 2.66. The molecule has 0 bridgehead atoms. The average molecular weight is 284 g/mol. The van der Waals surface area contributed by atoms with Crippen molar-refractivity contribution in [2.75, 3.05) is 5.73 Å². The number of nitrogens with two attached hydrogens (primary N) is 1. The second-order valence-corrected chi connectivity index (χ2v) is 4.75. The van der Waals surface area contributed by atoms with Gasteiger partial charge in [0, 0.05) is 12.0 Å². The van der Waals surface area contributed by atoms with Crippen molar-refractivity contribution in [1.82, 2.24) is 9.97 Å². The Morgan fingerprint density at radius 3 is 2.67 bits per heavy atom. The first-order chi connectivity index (χ1) is 8.47. The van der Waals surface area contributed by atoms with Crippen LogP contribution in [0.5, 0.6) is 0 Å². The molecule has 94 valence electrons. The summed E-state index contributed by atoms with van der Waals surface area (Å²) < 4.78 is 0. The minimum Gasteiger partial charge on any atom is -0.369 e. The Hall–Kier alpha value is -1.52. The number of hydrogen-bond donors (Lipinski definition) is 2. The van der Waals surface area contributed by atoms with Gasteiger partial charge in [-0.3, -0.25) is 9.78 Å². The van der Waals surface area contributed by atoms with Crippen LogP contribution in [0.4, 0.5) is 5.95 Å². The molecule has 0 aliphatic carbocycles. The van der Waals surface area contributed by atoms with Gasteiger partial charge >= 0.3 is 0 Å². The van der Waals surface area contributed by atoms with Crippen LogP contribution in [-0.2, 0) is 6.42 Å². The zero-order valence-electron chi connectivity index (χ0n) is 9.63. The van der Waals surface area contributed by atoms with Crippen LogP contribution in [0.3, 0.4) is 0 Å². The number of anilines is 1. The van der Waals surface area contributed by atoms with Gasteiger partial charge in [0.15, 0.2) is 0 Å². The molecule has 6 heteroatoms. The molecule has 0 saturated carbocycles. The summed E-state index contributed by atoms with van der Waals surface area (Å²) in [5.74, 6) is 0.121. The highest BCUT2D eigenvalue weighted by atomic mass is 35.5. The number of aromatic nitrogens is 2. The molecular formula is C12H11Cl2N3O. The summed E-state index contributed by atoms with van der Waals surface area (Å²) in [5, 5.41) is 0.952. The fraction of sp³-hybridized carbons (Fsp3) is 0.167. The number of nitrogens with one attached hydrogen (secondary N) is 1. The molecule has 1 aromatic carbocycles. The third-order valence-electron chi connectivity index (χ3n) is 2.61. The Balaban J connectivity index is 2.40. The van der Waals surface area contributed by atoms with Crippen molar-refractivity contribution >= 4 is 29.2 Å². The smallest absolute Gasteiger partial charge is 0.256 e. The van der Waals surface area contributed by atoms with Gasteiger partial charge in [0.2, 0.25) is 5.95 Å². The first kappa shape index (κ1) is 12.9. The van der Waals surface area contributed by atoms with Gasteiger partial charge in [0.1, 0.15) is 0 Å². The molecule has 1 heterocycles. The molecule has 0 saturated heterocycles. The Labute approximate surface area is 114 Å². The van der Waals surface area contributed by atoms with Crippen LogP contribution in [0.15, 0.2) is 23.0 Å². The molecule has 2 rings (SSSR count). The van der Waals surface area contributed by atoms with Crippen LogP contribution in [0.25, 0.3) is 0 Å². The van der Waals surface area contributed by atoms with E-state index in [9.17, 15) is 4.79 Å². The maximum Gasteiger partial charge on any atom is 0.256 e. The third-order valence-corrected chi connectivity index (χ3v) is 3.34. The van der Waals surface area contributed by atoms with Gasteiger partial charge in [0.25, 0.3) is 5.56 Å². The van der Waals surface area contributed by atoms with Crippen LogP contribution in [0.2, 0.25) is 10.0 Å². The van der Waals surface area contributed by atoms with Crippen molar-refractivity contribution in [2.24, 2.45) is 0 Å². The standard InChI is InChI=1S/C12H11Cl2N3O/c1-6-8(11(18)17-12(15)16-6)4-7-2-3-9(13)10(14)5-7/h2-3,5H,4H2,1H3,(H3,15,16,17,18). The lowest BCUT2D eigenvalue weighted by molar-refractivity contribution is 0.991. The summed E-state index contributed by atoms with van der Waals surface area (Å²) in [4.78, 5) is 18.3. The van der Waals surface area contributed by atoms with Gasteiger partial charge in [-0.25, -0.2) is 4.98 Å². The van der Waals surface area contributed by atoms with E-state index in [1.165, 1.54) is 0 Å². The lowest BCUT2D eigenvalue weighted by Crippen LogP contribution is -2.18. The fourth-order valence-corrected chi connectivity index (χ4v) is 2.01. The van der Waals surface area contributed by atoms with Gasteiger partial charge in [-0.15, -0.1) is 0 Å². The molecule has 1 aromatic heterocycles. The molecule has 18 heavy (non-hydrogen) atoms. The number of nitrogens with zero attached hydrogens (tertiary/aromatic N) is 1. The maximum absolute atomic E-state index is 11.8. The van der Waals surface area contributed by atoms with E-state index in [1.54, 1.807) is 19.1 Å². The zero-order valence-corrected chi connectivity index (χ0v) is 11.1. The SMILES string of the molecule is Cc1nc(N)[nH]c(=O)c1Cc1ccc(Cl)c(Cl)c1. The molecule has 0 unspecified atom stereocenters. The molecule has 0 aliphatic heterocycles. The lowest BCUT2D eigenvalue weighted by atomic mass is 10.1. The number of benzene rings is 1. The molecular weight excluding hydrogens is 273 g/mol. The Morgan fingerprint density at radius 1 is 1.33 bits per heavy atom. The molecule has 0 atom stereocenters. The van der Waals surface area contributed by atoms with Crippen molar-refractivity contribution in [3.63, 3.8) is 0 Å². The number of hydrogen-bond acceptors (Lipinski definition) is 3. The van der Waals surface area contributed by atoms with E-state index in [-0.39, 0.29) is 11.5 Å². The minimum absolute atomic E-state index is 0.121. The monoisotopic (exact) mass is 283 g/mol. The van der Waals surface area contributed by atoms with Crippen LogP contribution in [0.1, 0.15) is 16.8 Å². The van der Waals surface area contributed by atoms with Gasteiger partial charge in [0.05, 0.1) is 15.7 Å². The van der Waals surface area contributed by atoms with Crippen molar-refractivity contribution < 1.29 is 0 Å². The molecule has 0 aliphatic rings. The van der Waals surface area contributed by atoms with E-state index < -0.39 is 0 Å². The summed E-state index contributed by atoms with van der Waals surface area (Å²) in [5.41, 5.74) is 7.31. The maximum atomic E-state index is 11.8. The number of rotatable bonds is 2. The van der Waals surface area contributed by atoms with Gasteiger partial charge in [-0.2, -0.15) is 0 Å². The van der Waals surface area contributed by atoms with E-state index in [0.29, 0.717) is 27.7 Å². The molecule has 4 nitrogen and oxygen atoms in total. The number of H-pyrrole nitrogens is 1. The second kappa shape index (κ2) is 5.00. The Kier molecular flexibility index (Phi) is 3.59. The highest BCUT2D eigenvalue weighted by molar-refractivity contribution is 6.42. The number of aryl methyl sites for hydroxylation is 1. The van der Waals surface area contributed by atoms with Crippen LogP contribution in [-0.4, -0.2) is 9.97 Å². The van der Waals surface area contributed by atoms with Crippen LogP contribution >= 0.6 is 23.2 Å². The van der Waals surface area contributed by atoms with Gasteiger partial charge in [-0.1, -0.05) is 29.3 Å². The summed E-state index contributed by atoms with van der Waals surface area (Å²) in [6, 6.07) is 5.26. The first-order valence-electron chi connectivity index (χ1n) is 5.26. The summed E-state index contributed by atoms with van der Waals surface area (Å²) in [6.45, 7) is 1.75. The number of halogens is 2. The van der Waals surface area contributed by atoms with Crippen molar-refractivity contribution in [1.29, 1.82) is 0 Å². The second-order valence-electron chi connectivity index (χ2n) is 3.94. The highest BCUT2D eigenvalue weighted by Crippen LogP contribution is 2.23. The predicted octanol–water partition coefficient (Wildman–Crippen LogP) is 2.56. The largest absolute Gasteiger partial charge is 0.369 e. The van der Waals surface area contributed by atoms with E-state index in [4.69, 9.17) is 28.9 Å². The van der Waals surface area contributed by atoms with Gasteiger partial charge in [-0.05, 0) is 24.6 Å². The summed E-state index contributed by atoms with van der Waals surface area (Å²) in [6.07, 6.45) is 0.436. The molecule has 0 amide bonds. The minimum atomic E-state index is -0.230. The van der Waals surface area contributed by atoms with E-state index in [1.807, 2.05) is 6.07 Å². The summed E-state index contributed by atoms with van der Waals surface area (Å²) >= 11 is 11.8. The molecule has 0 spiro atoms. The van der Waals surface area contributed by atoms with E-state index in [0.717, 1.165) is 5.56 Å². The highest BCUT2D eigenvalue weighted by Gasteiger charge is 2.09. The van der Waals surface area contributed by atoms with Crippen molar-refractivity contribution in [2.45, 2.75) is 13.3 Å². The number of nitrogen functional groups attached to an aromatic ring is 1. The Morgan fingerprint density at radius 2 is 2.06 bits per heavy atom. The molecule has 0 fully saturated rings. The zero-order chi connectivity index (χ0) is 13.3. The lowest BCUT2D eigenvalue weighted by Gasteiger charge is -2.06. The molecule has 3 N–H and O–H groups in total. The molecule has 2 aromatic rings. The van der Waals surface area contributed by atoms with Crippen molar-refractivity contribution in [3.8, 4) is 0 Å². The normalized spacial score (nSPS) is 10.6. The number of aromatic amines is 1. The fourth-order valence-electron chi connectivity index (χ4n) is 1.69. The van der Waals surface area contributed by atoms with E-state index in [2.05, 4.69) is 9.97 Å². The van der Waals surface area contributed by atoms with Crippen LogP contribution < -0.4 is 11.3 Å². The van der Waals surface area contributed by atoms with Crippen LogP contribution in [0, 0.1) is 6.92 Å². The van der Waals surface area contributed by atoms with E-state index >= 15 is 0 Å². The van der Waals surface area contributed by atoms with Gasteiger partial charge < -0.3 is 5.73 Å². The summed E-state index contributed by atoms with van der Waals surface area (Å²) in [7, 11) is 0. The molecule has 0 radical (unpaired) electrons. The first-order valence-corrected chi connectivity index (χ1v) is 6.02. The topological polar surface area (TPSA) is 71.8 Å². The Bertz CT molecular complexity index is 652. The van der Waals surface area contributed by atoms with Crippen molar-refractivity contribution in [3.05, 3.63) is 55.4 Å². The quantitative estimate of drug-likeness (QED) is 0.890. The predicted molar refractivity (Wildman–Crippen MR) is 73.3 cm³/mol. The average Bonchev–Trinajstić information content (AvgIpc) is 2.28.